The number of benzene rings is 3. The fourth-order valence-electron chi connectivity index (χ4n) is 4.78. The van der Waals surface area contributed by atoms with Crippen molar-refractivity contribution in [2.24, 2.45) is 5.92 Å². The summed E-state index contributed by atoms with van der Waals surface area (Å²) in [4.78, 5) is 11.5. The molecule has 1 saturated carbocycles. The molecule has 0 aliphatic heterocycles. The first kappa shape index (κ1) is 18.7. The Kier molecular flexibility index (Phi) is 4.50. The summed E-state index contributed by atoms with van der Waals surface area (Å²) in [5.41, 5.74) is 5.63. The fourth-order valence-corrected chi connectivity index (χ4v) is 4.78. The van der Waals surface area contributed by atoms with Gasteiger partial charge in [-0.25, -0.2) is 0 Å². The second-order valence-corrected chi connectivity index (χ2v) is 8.29. The summed E-state index contributed by atoms with van der Waals surface area (Å²) in [6, 6.07) is 22.5. The number of aryl methyl sites for hydroxylation is 1. The summed E-state index contributed by atoms with van der Waals surface area (Å²) in [5.74, 6) is 0.737. The highest BCUT2D eigenvalue weighted by atomic mass is 16.5. The van der Waals surface area contributed by atoms with E-state index in [1.54, 1.807) is 7.11 Å². The zero-order valence-corrected chi connectivity index (χ0v) is 16.9. The maximum atomic E-state index is 11.5. The molecule has 0 bridgehead atoms. The first-order valence-electron chi connectivity index (χ1n) is 10.3. The molecule has 4 heteroatoms. The quantitative estimate of drug-likeness (QED) is 0.616. The number of carboxylic acid groups (broad SMARTS) is 1. The molecule has 2 aliphatic rings. The molecule has 4 nitrogen and oxygen atoms in total. The Bertz CT molecular complexity index is 1100. The molecule has 5 rings (SSSR count). The SMILES string of the molecule is COc1cccc(-c2ccc(COc3ccc4c(c3)[C@]3(CC4)C[C@H]3C(=O)O)cc2)c1. The second-order valence-electron chi connectivity index (χ2n) is 8.29. The molecule has 1 N–H and O–H groups in total. The predicted octanol–water partition coefficient (Wildman–Crippen LogP) is 5.23. The van der Waals surface area contributed by atoms with Gasteiger partial charge in [0.15, 0.2) is 0 Å². The van der Waals surface area contributed by atoms with Gasteiger partial charge < -0.3 is 14.6 Å². The van der Waals surface area contributed by atoms with Crippen molar-refractivity contribution in [2.75, 3.05) is 7.11 Å². The highest BCUT2D eigenvalue weighted by molar-refractivity contribution is 5.78. The van der Waals surface area contributed by atoms with Crippen molar-refractivity contribution < 1.29 is 19.4 Å². The molecular weight excluding hydrogens is 376 g/mol. The Balaban J connectivity index is 1.28. The Hall–Kier alpha value is -3.27. The summed E-state index contributed by atoms with van der Waals surface area (Å²) in [6.07, 6.45) is 2.66. The van der Waals surface area contributed by atoms with E-state index in [0.717, 1.165) is 47.5 Å². The molecule has 3 aromatic rings. The van der Waals surface area contributed by atoms with Gasteiger partial charge in [-0.3, -0.25) is 4.79 Å². The van der Waals surface area contributed by atoms with E-state index in [9.17, 15) is 9.90 Å². The van der Waals surface area contributed by atoms with Crippen LogP contribution < -0.4 is 9.47 Å². The third-order valence-corrected chi connectivity index (χ3v) is 6.59. The van der Waals surface area contributed by atoms with E-state index >= 15 is 0 Å². The minimum Gasteiger partial charge on any atom is -0.497 e. The Morgan fingerprint density at radius 1 is 1.03 bits per heavy atom. The van der Waals surface area contributed by atoms with E-state index in [0.29, 0.717) is 6.61 Å². The minimum atomic E-state index is -0.676. The topological polar surface area (TPSA) is 55.8 Å². The van der Waals surface area contributed by atoms with Crippen LogP contribution in [-0.4, -0.2) is 18.2 Å². The van der Waals surface area contributed by atoms with E-state index in [2.05, 4.69) is 42.5 Å². The molecule has 0 heterocycles. The molecule has 2 aliphatic carbocycles. The zero-order valence-electron chi connectivity index (χ0n) is 16.9. The highest BCUT2D eigenvalue weighted by Gasteiger charge is 2.61. The van der Waals surface area contributed by atoms with E-state index in [1.165, 1.54) is 11.1 Å². The van der Waals surface area contributed by atoms with Gasteiger partial charge in [0, 0.05) is 5.41 Å². The summed E-state index contributed by atoms with van der Waals surface area (Å²) >= 11 is 0. The Labute approximate surface area is 176 Å². The van der Waals surface area contributed by atoms with E-state index < -0.39 is 5.97 Å². The van der Waals surface area contributed by atoms with Gasteiger partial charge in [0.25, 0.3) is 0 Å². The molecule has 152 valence electrons. The lowest BCUT2D eigenvalue weighted by Crippen LogP contribution is -2.11. The van der Waals surface area contributed by atoms with E-state index in [4.69, 9.17) is 9.47 Å². The van der Waals surface area contributed by atoms with Crippen molar-refractivity contribution in [3.05, 3.63) is 83.4 Å². The summed E-state index contributed by atoms with van der Waals surface area (Å²) in [5, 5.41) is 9.42. The maximum absolute atomic E-state index is 11.5. The average molecular weight is 400 g/mol. The molecule has 30 heavy (non-hydrogen) atoms. The van der Waals surface area contributed by atoms with Crippen molar-refractivity contribution in [3.8, 4) is 22.6 Å². The number of fused-ring (bicyclic) bond motifs is 2. The van der Waals surface area contributed by atoms with Crippen LogP contribution in [-0.2, 0) is 23.2 Å². The van der Waals surface area contributed by atoms with Gasteiger partial charge in [-0.1, -0.05) is 42.5 Å². The van der Waals surface area contributed by atoms with Crippen LogP contribution in [0.3, 0.4) is 0 Å². The summed E-state index contributed by atoms with van der Waals surface area (Å²) < 4.78 is 11.4. The van der Waals surface area contributed by atoms with Gasteiger partial charge in [-0.05, 0) is 71.3 Å². The van der Waals surface area contributed by atoms with Crippen LogP contribution in [0.1, 0.15) is 29.5 Å². The molecule has 0 amide bonds. The number of ether oxygens (including phenoxy) is 2. The number of hydrogen-bond donors (Lipinski definition) is 1. The Morgan fingerprint density at radius 3 is 2.60 bits per heavy atom. The van der Waals surface area contributed by atoms with Crippen LogP contribution in [0.2, 0.25) is 0 Å². The first-order chi connectivity index (χ1) is 14.6. The molecule has 0 saturated heterocycles. The minimum absolute atomic E-state index is 0.154. The monoisotopic (exact) mass is 400 g/mol. The van der Waals surface area contributed by atoms with Crippen LogP contribution in [0.5, 0.6) is 11.5 Å². The van der Waals surface area contributed by atoms with Crippen molar-refractivity contribution in [1.29, 1.82) is 0 Å². The third-order valence-electron chi connectivity index (χ3n) is 6.59. The smallest absolute Gasteiger partial charge is 0.307 e. The van der Waals surface area contributed by atoms with Crippen molar-refractivity contribution in [1.82, 2.24) is 0 Å². The van der Waals surface area contributed by atoms with Crippen LogP contribution in [0, 0.1) is 5.92 Å². The largest absolute Gasteiger partial charge is 0.497 e. The number of methoxy groups -OCH3 is 1. The van der Waals surface area contributed by atoms with Crippen LogP contribution in [0.25, 0.3) is 11.1 Å². The van der Waals surface area contributed by atoms with Gasteiger partial charge in [-0.15, -0.1) is 0 Å². The lowest BCUT2D eigenvalue weighted by atomic mass is 9.95. The lowest BCUT2D eigenvalue weighted by Gasteiger charge is -2.13. The number of hydrogen-bond acceptors (Lipinski definition) is 3. The molecule has 3 aromatic carbocycles. The molecule has 2 atom stereocenters. The number of rotatable bonds is 6. The van der Waals surface area contributed by atoms with Crippen molar-refractivity contribution in [3.63, 3.8) is 0 Å². The maximum Gasteiger partial charge on any atom is 0.307 e. The predicted molar refractivity (Wildman–Crippen MR) is 115 cm³/mol. The molecule has 0 aromatic heterocycles. The molecule has 1 fully saturated rings. The lowest BCUT2D eigenvalue weighted by molar-refractivity contribution is -0.139. The van der Waals surface area contributed by atoms with Crippen LogP contribution >= 0.6 is 0 Å². The van der Waals surface area contributed by atoms with Crippen LogP contribution in [0.15, 0.2) is 66.7 Å². The van der Waals surface area contributed by atoms with Gasteiger partial charge in [0.2, 0.25) is 0 Å². The van der Waals surface area contributed by atoms with Gasteiger partial charge in [0.05, 0.1) is 13.0 Å². The fraction of sp³-hybridized carbons (Fsp3) is 0.269. The highest BCUT2D eigenvalue weighted by Crippen LogP contribution is 2.62. The number of aliphatic carboxylic acids is 1. The molecule has 0 radical (unpaired) electrons. The number of carboxylic acids is 1. The van der Waals surface area contributed by atoms with E-state index in [-0.39, 0.29) is 11.3 Å². The molecule has 0 unspecified atom stereocenters. The normalized spacial score (nSPS) is 21.3. The Morgan fingerprint density at radius 2 is 1.87 bits per heavy atom. The van der Waals surface area contributed by atoms with Crippen molar-refractivity contribution in [2.45, 2.75) is 31.3 Å². The third kappa shape index (κ3) is 3.22. The second kappa shape index (κ2) is 7.21. The standard InChI is InChI=1S/C26H24O4/c1-29-21-4-2-3-20(13-21)18-7-5-17(6-8-18)16-30-22-10-9-19-11-12-26(23(19)14-22)15-24(26)25(27)28/h2-10,13-14,24H,11-12,15-16H2,1H3,(H,27,28)/t24-,26-/m0/s1. The molecule has 1 spiro atoms. The summed E-state index contributed by atoms with van der Waals surface area (Å²) in [7, 11) is 1.67. The molecular formula is C26H24O4. The van der Waals surface area contributed by atoms with Crippen LogP contribution in [0.4, 0.5) is 0 Å². The zero-order chi connectivity index (χ0) is 20.7. The number of carbonyl (C=O) groups is 1. The van der Waals surface area contributed by atoms with Gasteiger partial charge in [0.1, 0.15) is 18.1 Å². The first-order valence-corrected chi connectivity index (χ1v) is 10.3. The van der Waals surface area contributed by atoms with E-state index in [1.807, 2.05) is 24.3 Å². The van der Waals surface area contributed by atoms with Gasteiger partial charge in [-0.2, -0.15) is 0 Å². The van der Waals surface area contributed by atoms with Crippen molar-refractivity contribution >= 4 is 5.97 Å². The summed E-state index contributed by atoms with van der Waals surface area (Å²) in [6.45, 7) is 0.479. The van der Waals surface area contributed by atoms with Gasteiger partial charge >= 0.3 is 5.97 Å². The average Bonchev–Trinajstić information content (AvgIpc) is 3.42.